The van der Waals surface area contributed by atoms with Gasteiger partial charge in [-0.05, 0) is 24.1 Å². The third-order valence-corrected chi connectivity index (χ3v) is 2.28. The van der Waals surface area contributed by atoms with Crippen molar-refractivity contribution in [3.63, 3.8) is 0 Å². The normalized spacial score (nSPS) is 10.2. The molecular weight excluding hydrogens is 209 g/mol. The van der Waals surface area contributed by atoms with Crippen LogP contribution in [0.3, 0.4) is 0 Å². The van der Waals surface area contributed by atoms with Gasteiger partial charge in [-0.3, -0.25) is 4.79 Å². The summed E-state index contributed by atoms with van der Waals surface area (Å²) >= 11 is 0. The number of amides is 1. The molecule has 0 aliphatic heterocycles. The maximum absolute atomic E-state index is 12.9. The highest BCUT2D eigenvalue weighted by Gasteiger charge is 2.08. The molecule has 0 aromatic heterocycles. The van der Waals surface area contributed by atoms with Crippen molar-refractivity contribution in [1.82, 2.24) is 4.90 Å². The zero-order valence-corrected chi connectivity index (χ0v) is 9.32. The Morgan fingerprint density at radius 2 is 2.25 bits per heavy atom. The van der Waals surface area contributed by atoms with E-state index in [0.717, 1.165) is 5.56 Å². The fourth-order valence-corrected chi connectivity index (χ4v) is 1.42. The highest BCUT2D eigenvalue weighted by atomic mass is 19.1. The molecule has 3 nitrogen and oxygen atoms in total. The first-order chi connectivity index (χ1) is 7.63. The topological polar surface area (TPSA) is 40.5 Å². The van der Waals surface area contributed by atoms with Gasteiger partial charge in [0.15, 0.2) is 0 Å². The summed E-state index contributed by atoms with van der Waals surface area (Å²) in [7, 11) is 1.67. The number of carbonyl (C=O) groups excluding carboxylic acids is 1. The zero-order valence-electron chi connectivity index (χ0n) is 9.32. The van der Waals surface area contributed by atoms with Gasteiger partial charge in [0.25, 0.3) is 0 Å². The summed E-state index contributed by atoms with van der Waals surface area (Å²) in [4.78, 5) is 13.0. The van der Waals surface area contributed by atoms with Crippen LogP contribution < -0.4 is 0 Å². The van der Waals surface area contributed by atoms with Gasteiger partial charge in [-0.1, -0.05) is 12.1 Å². The Labute approximate surface area is 94.5 Å². The zero-order chi connectivity index (χ0) is 12.0. The SMILES string of the molecule is CN(Cc1cccc(F)c1)C(=O)CCCO. The number of benzene rings is 1. The second-order valence-corrected chi connectivity index (χ2v) is 3.71. The summed E-state index contributed by atoms with van der Waals surface area (Å²) in [5, 5.41) is 8.60. The van der Waals surface area contributed by atoms with E-state index in [9.17, 15) is 9.18 Å². The summed E-state index contributed by atoms with van der Waals surface area (Å²) in [6.07, 6.45) is 0.786. The van der Waals surface area contributed by atoms with E-state index >= 15 is 0 Å². The Morgan fingerprint density at radius 1 is 1.50 bits per heavy atom. The molecule has 0 saturated carbocycles. The van der Waals surface area contributed by atoms with Crippen LogP contribution in [0, 0.1) is 5.82 Å². The molecule has 0 spiro atoms. The van der Waals surface area contributed by atoms with E-state index in [0.29, 0.717) is 19.4 Å². The van der Waals surface area contributed by atoms with Crippen molar-refractivity contribution in [3.05, 3.63) is 35.6 Å². The fourth-order valence-electron chi connectivity index (χ4n) is 1.42. The van der Waals surface area contributed by atoms with Crippen molar-refractivity contribution < 1.29 is 14.3 Å². The summed E-state index contributed by atoms with van der Waals surface area (Å²) in [6, 6.07) is 6.18. The minimum absolute atomic E-state index is 0.0134. The Bertz CT molecular complexity index is 355. The lowest BCUT2D eigenvalue weighted by atomic mass is 10.2. The van der Waals surface area contributed by atoms with Crippen molar-refractivity contribution in [2.75, 3.05) is 13.7 Å². The van der Waals surface area contributed by atoms with Crippen LogP contribution in [-0.2, 0) is 11.3 Å². The van der Waals surface area contributed by atoms with E-state index in [2.05, 4.69) is 0 Å². The molecule has 0 radical (unpaired) electrons. The van der Waals surface area contributed by atoms with Crippen molar-refractivity contribution in [2.45, 2.75) is 19.4 Å². The molecule has 0 unspecified atom stereocenters. The molecule has 0 aliphatic carbocycles. The van der Waals surface area contributed by atoms with E-state index in [1.807, 2.05) is 0 Å². The van der Waals surface area contributed by atoms with Crippen molar-refractivity contribution in [1.29, 1.82) is 0 Å². The molecule has 1 aromatic carbocycles. The second kappa shape index (κ2) is 6.23. The summed E-state index contributed by atoms with van der Waals surface area (Å²) < 4.78 is 12.9. The van der Waals surface area contributed by atoms with Gasteiger partial charge in [0.1, 0.15) is 5.82 Å². The van der Waals surface area contributed by atoms with E-state index < -0.39 is 0 Å². The maximum Gasteiger partial charge on any atom is 0.222 e. The number of halogens is 1. The molecule has 4 heteroatoms. The van der Waals surface area contributed by atoms with E-state index in [1.54, 1.807) is 19.2 Å². The lowest BCUT2D eigenvalue weighted by Crippen LogP contribution is -2.26. The van der Waals surface area contributed by atoms with Gasteiger partial charge in [-0.2, -0.15) is 0 Å². The van der Waals surface area contributed by atoms with E-state index in [1.165, 1.54) is 17.0 Å². The van der Waals surface area contributed by atoms with Crippen molar-refractivity contribution in [3.8, 4) is 0 Å². The first kappa shape index (κ1) is 12.6. The van der Waals surface area contributed by atoms with Gasteiger partial charge in [0.05, 0.1) is 0 Å². The summed E-state index contributed by atoms with van der Waals surface area (Å²) in [5.74, 6) is -0.341. The first-order valence-corrected chi connectivity index (χ1v) is 5.22. The van der Waals surface area contributed by atoms with E-state index in [-0.39, 0.29) is 18.3 Å². The number of aliphatic hydroxyl groups is 1. The number of rotatable bonds is 5. The molecule has 0 atom stereocenters. The predicted octanol–water partition coefficient (Wildman–Crippen LogP) is 1.56. The summed E-state index contributed by atoms with van der Waals surface area (Å²) in [5.41, 5.74) is 0.764. The molecule has 0 bridgehead atoms. The number of carbonyl (C=O) groups is 1. The van der Waals surface area contributed by atoms with Crippen LogP contribution in [0.1, 0.15) is 18.4 Å². The van der Waals surface area contributed by atoms with Crippen molar-refractivity contribution in [2.24, 2.45) is 0 Å². The smallest absolute Gasteiger partial charge is 0.222 e. The Balaban J connectivity index is 2.50. The largest absolute Gasteiger partial charge is 0.396 e. The number of aliphatic hydroxyl groups excluding tert-OH is 1. The van der Waals surface area contributed by atoms with Crippen LogP contribution in [0.25, 0.3) is 0 Å². The van der Waals surface area contributed by atoms with Gasteiger partial charge in [-0.15, -0.1) is 0 Å². The number of hydrogen-bond donors (Lipinski definition) is 1. The van der Waals surface area contributed by atoms with Crippen LogP contribution >= 0.6 is 0 Å². The molecule has 16 heavy (non-hydrogen) atoms. The van der Waals surface area contributed by atoms with Gasteiger partial charge >= 0.3 is 0 Å². The van der Waals surface area contributed by atoms with Crippen LogP contribution in [0.4, 0.5) is 4.39 Å². The standard InChI is InChI=1S/C12H16FNO2/c1-14(12(16)6-3-7-15)9-10-4-2-5-11(13)8-10/h2,4-5,8,15H,3,6-7,9H2,1H3. The number of hydrogen-bond acceptors (Lipinski definition) is 2. The highest BCUT2D eigenvalue weighted by Crippen LogP contribution is 2.07. The monoisotopic (exact) mass is 225 g/mol. The highest BCUT2D eigenvalue weighted by molar-refractivity contribution is 5.75. The molecular formula is C12H16FNO2. The fraction of sp³-hybridized carbons (Fsp3) is 0.417. The summed E-state index contributed by atoms with van der Waals surface area (Å²) in [6.45, 7) is 0.404. The van der Waals surface area contributed by atoms with E-state index in [4.69, 9.17) is 5.11 Å². The molecule has 0 saturated heterocycles. The third-order valence-electron chi connectivity index (χ3n) is 2.28. The lowest BCUT2D eigenvalue weighted by Gasteiger charge is -2.17. The van der Waals surface area contributed by atoms with Crippen LogP contribution in [0.5, 0.6) is 0 Å². The van der Waals surface area contributed by atoms with Crippen LogP contribution in [0.2, 0.25) is 0 Å². The molecule has 0 heterocycles. The van der Waals surface area contributed by atoms with Crippen molar-refractivity contribution >= 4 is 5.91 Å². The average molecular weight is 225 g/mol. The molecule has 1 amide bonds. The molecule has 88 valence electrons. The van der Waals surface area contributed by atoms with Gasteiger partial charge < -0.3 is 10.0 Å². The average Bonchev–Trinajstić information content (AvgIpc) is 2.25. The quantitative estimate of drug-likeness (QED) is 0.826. The van der Waals surface area contributed by atoms with Crippen LogP contribution in [0.15, 0.2) is 24.3 Å². The van der Waals surface area contributed by atoms with Gasteiger partial charge in [0.2, 0.25) is 5.91 Å². The molecule has 0 aliphatic rings. The molecule has 1 rings (SSSR count). The molecule has 0 fully saturated rings. The van der Waals surface area contributed by atoms with Gasteiger partial charge in [0, 0.05) is 26.6 Å². The lowest BCUT2D eigenvalue weighted by molar-refractivity contribution is -0.130. The molecule has 1 aromatic rings. The molecule has 1 N–H and O–H groups in total. The van der Waals surface area contributed by atoms with Gasteiger partial charge in [-0.25, -0.2) is 4.39 Å². The predicted molar refractivity (Wildman–Crippen MR) is 59.2 cm³/mol. The Hall–Kier alpha value is -1.42. The minimum atomic E-state index is -0.297. The second-order valence-electron chi connectivity index (χ2n) is 3.71. The Morgan fingerprint density at radius 3 is 2.88 bits per heavy atom. The van der Waals surface area contributed by atoms with Crippen LogP contribution in [-0.4, -0.2) is 29.6 Å². The number of nitrogens with zero attached hydrogens (tertiary/aromatic N) is 1. The third kappa shape index (κ3) is 3.98. The first-order valence-electron chi connectivity index (χ1n) is 5.22. The maximum atomic E-state index is 12.9. The minimum Gasteiger partial charge on any atom is -0.396 e. The Kier molecular flexibility index (Phi) is 4.92.